The van der Waals surface area contributed by atoms with Gasteiger partial charge in [-0.15, -0.1) is 0 Å². The second kappa shape index (κ2) is 4.62. The van der Waals surface area contributed by atoms with Gasteiger partial charge in [0.2, 0.25) is 0 Å². The molecule has 0 spiro atoms. The van der Waals surface area contributed by atoms with E-state index in [0.29, 0.717) is 5.75 Å². The van der Waals surface area contributed by atoms with Crippen LogP contribution < -0.4 is 10.1 Å². The zero-order valence-corrected chi connectivity index (χ0v) is 8.92. The molecule has 1 atom stereocenters. The van der Waals surface area contributed by atoms with E-state index in [1.807, 2.05) is 6.07 Å². The van der Waals surface area contributed by atoms with Gasteiger partial charge in [-0.3, -0.25) is 0 Å². The highest BCUT2D eigenvalue weighted by atomic mass is 19.1. The SMILES string of the molecule is COc1c(F)cccc1C1CCCCN1. The van der Waals surface area contributed by atoms with Gasteiger partial charge in [0.05, 0.1) is 7.11 Å². The van der Waals surface area contributed by atoms with Crippen LogP contribution in [0, 0.1) is 5.82 Å². The van der Waals surface area contributed by atoms with E-state index in [9.17, 15) is 4.39 Å². The molecule has 1 aliphatic heterocycles. The van der Waals surface area contributed by atoms with Gasteiger partial charge in [-0.1, -0.05) is 18.6 Å². The second-order valence-corrected chi connectivity index (χ2v) is 3.86. The summed E-state index contributed by atoms with van der Waals surface area (Å²) in [5.41, 5.74) is 0.942. The molecule has 82 valence electrons. The number of piperidine rings is 1. The standard InChI is InChI=1S/C12H16FNO/c1-15-12-9(5-4-6-10(12)13)11-7-2-3-8-14-11/h4-6,11,14H,2-3,7-8H2,1H3. The quantitative estimate of drug-likeness (QED) is 0.808. The molecule has 0 radical (unpaired) electrons. The molecular weight excluding hydrogens is 193 g/mol. The van der Waals surface area contributed by atoms with Crippen molar-refractivity contribution in [2.45, 2.75) is 25.3 Å². The van der Waals surface area contributed by atoms with Gasteiger partial charge in [0.25, 0.3) is 0 Å². The van der Waals surface area contributed by atoms with E-state index in [1.165, 1.54) is 26.0 Å². The summed E-state index contributed by atoms with van der Waals surface area (Å²) >= 11 is 0. The van der Waals surface area contributed by atoms with Crippen LogP contribution in [0.25, 0.3) is 0 Å². The summed E-state index contributed by atoms with van der Waals surface area (Å²) in [5, 5.41) is 3.39. The lowest BCUT2D eigenvalue weighted by Crippen LogP contribution is -2.27. The molecule has 1 aromatic carbocycles. The first-order chi connectivity index (χ1) is 7.33. The smallest absolute Gasteiger partial charge is 0.165 e. The fourth-order valence-corrected chi connectivity index (χ4v) is 2.13. The highest BCUT2D eigenvalue weighted by Crippen LogP contribution is 2.32. The molecule has 1 heterocycles. The molecule has 0 aromatic heterocycles. The van der Waals surface area contributed by atoms with Crippen LogP contribution in [0.4, 0.5) is 4.39 Å². The van der Waals surface area contributed by atoms with Crippen molar-refractivity contribution in [3.63, 3.8) is 0 Å². The fourth-order valence-electron chi connectivity index (χ4n) is 2.13. The Morgan fingerprint density at radius 3 is 2.93 bits per heavy atom. The van der Waals surface area contributed by atoms with Crippen LogP contribution in [0.3, 0.4) is 0 Å². The number of para-hydroxylation sites is 1. The average molecular weight is 209 g/mol. The predicted octanol–water partition coefficient (Wildman–Crippen LogP) is 2.65. The van der Waals surface area contributed by atoms with E-state index in [0.717, 1.165) is 18.5 Å². The monoisotopic (exact) mass is 209 g/mol. The molecule has 1 N–H and O–H groups in total. The van der Waals surface area contributed by atoms with Crippen LogP contribution in [0.5, 0.6) is 5.75 Å². The lowest BCUT2D eigenvalue weighted by molar-refractivity contribution is 0.356. The minimum Gasteiger partial charge on any atom is -0.493 e. The van der Waals surface area contributed by atoms with E-state index in [4.69, 9.17) is 4.74 Å². The fraction of sp³-hybridized carbons (Fsp3) is 0.500. The topological polar surface area (TPSA) is 21.3 Å². The normalized spacial score (nSPS) is 21.3. The number of methoxy groups -OCH3 is 1. The van der Waals surface area contributed by atoms with Gasteiger partial charge in [0.15, 0.2) is 11.6 Å². The van der Waals surface area contributed by atoms with E-state index in [2.05, 4.69) is 5.32 Å². The number of benzene rings is 1. The number of hydrogen-bond donors (Lipinski definition) is 1. The van der Waals surface area contributed by atoms with Crippen LogP contribution in [0.2, 0.25) is 0 Å². The van der Waals surface area contributed by atoms with Crippen molar-refractivity contribution in [2.75, 3.05) is 13.7 Å². The molecule has 0 amide bonds. The van der Waals surface area contributed by atoms with Gasteiger partial charge < -0.3 is 10.1 Å². The first kappa shape index (κ1) is 10.4. The lowest BCUT2D eigenvalue weighted by atomic mass is 9.96. The number of ether oxygens (including phenoxy) is 1. The summed E-state index contributed by atoms with van der Waals surface area (Å²) in [4.78, 5) is 0. The van der Waals surface area contributed by atoms with E-state index in [1.54, 1.807) is 6.07 Å². The Balaban J connectivity index is 2.29. The minimum atomic E-state index is -0.276. The molecule has 1 fully saturated rings. The molecule has 0 bridgehead atoms. The molecule has 1 saturated heterocycles. The Morgan fingerprint density at radius 2 is 2.27 bits per heavy atom. The van der Waals surface area contributed by atoms with Crippen molar-refractivity contribution in [1.82, 2.24) is 5.32 Å². The third-order valence-electron chi connectivity index (χ3n) is 2.89. The van der Waals surface area contributed by atoms with E-state index >= 15 is 0 Å². The maximum Gasteiger partial charge on any atom is 0.165 e. The van der Waals surface area contributed by atoms with Crippen LogP contribution >= 0.6 is 0 Å². The van der Waals surface area contributed by atoms with Crippen LogP contribution in [-0.4, -0.2) is 13.7 Å². The highest BCUT2D eigenvalue weighted by Gasteiger charge is 2.20. The summed E-state index contributed by atoms with van der Waals surface area (Å²) in [6.07, 6.45) is 3.45. The molecule has 0 saturated carbocycles. The molecule has 1 unspecified atom stereocenters. The van der Waals surface area contributed by atoms with Gasteiger partial charge >= 0.3 is 0 Å². The first-order valence-electron chi connectivity index (χ1n) is 5.38. The average Bonchev–Trinajstić information content (AvgIpc) is 2.30. The molecular formula is C12H16FNO. The number of rotatable bonds is 2. The summed E-state index contributed by atoms with van der Waals surface area (Å²) in [6.45, 7) is 1.00. The minimum absolute atomic E-state index is 0.240. The van der Waals surface area contributed by atoms with Gasteiger partial charge in [-0.2, -0.15) is 0 Å². The summed E-state index contributed by atoms with van der Waals surface area (Å²) in [5.74, 6) is 0.110. The van der Waals surface area contributed by atoms with Gasteiger partial charge in [-0.05, 0) is 25.5 Å². The van der Waals surface area contributed by atoms with Crippen molar-refractivity contribution in [2.24, 2.45) is 0 Å². The van der Waals surface area contributed by atoms with Crippen molar-refractivity contribution < 1.29 is 9.13 Å². The van der Waals surface area contributed by atoms with Crippen LogP contribution in [0.1, 0.15) is 30.9 Å². The number of halogens is 1. The van der Waals surface area contributed by atoms with Gasteiger partial charge in [0, 0.05) is 11.6 Å². The second-order valence-electron chi connectivity index (χ2n) is 3.86. The van der Waals surface area contributed by atoms with Crippen molar-refractivity contribution in [1.29, 1.82) is 0 Å². The van der Waals surface area contributed by atoms with Crippen LogP contribution in [0.15, 0.2) is 18.2 Å². The Hall–Kier alpha value is -1.09. The third kappa shape index (κ3) is 2.12. The zero-order valence-electron chi connectivity index (χ0n) is 8.92. The molecule has 2 rings (SSSR count). The van der Waals surface area contributed by atoms with Gasteiger partial charge in [0.1, 0.15) is 0 Å². The molecule has 1 aliphatic rings. The van der Waals surface area contributed by atoms with E-state index in [-0.39, 0.29) is 11.9 Å². The number of hydrogen-bond acceptors (Lipinski definition) is 2. The van der Waals surface area contributed by atoms with Gasteiger partial charge in [-0.25, -0.2) is 4.39 Å². The Morgan fingerprint density at radius 1 is 1.40 bits per heavy atom. The van der Waals surface area contributed by atoms with Crippen molar-refractivity contribution >= 4 is 0 Å². The molecule has 0 aliphatic carbocycles. The molecule has 2 nitrogen and oxygen atoms in total. The largest absolute Gasteiger partial charge is 0.493 e. The molecule has 1 aromatic rings. The summed E-state index contributed by atoms with van der Waals surface area (Å²) in [7, 11) is 1.52. The molecule has 3 heteroatoms. The van der Waals surface area contributed by atoms with Crippen LogP contribution in [-0.2, 0) is 0 Å². The van der Waals surface area contributed by atoms with Crippen molar-refractivity contribution in [3.05, 3.63) is 29.6 Å². The Kier molecular flexibility index (Phi) is 3.21. The maximum atomic E-state index is 13.5. The van der Waals surface area contributed by atoms with Crippen molar-refractivity contribution in [3.8, 4) is 5.75 Å². The highest BCUT2D eigenvalue weighted by molar-refractivity contribution is 5.37. The first-order valence-corrected chi connectivity index (χ1v) is 5.38. The Labute approximate surface area is 89.4 Å². The lowest BCUT2D eigenvalue weighted by Gasteiger charge is -2.25. The predicted molar refractivity (Wildman–Crippen MR) is 57.5 cm³/mol. The Bertz CT molecular complexity index is 334. The van der Waals surface area contributed by atoms with E-state index < -0.39 is 0 Å². The zero-order chi connectivity index (χ0) is 10.7. The number of nitrogens with one attached hydrogen (secondary N) is 1. The molecule has 15 heavy (non-hydrogen) atoms. The maximum absolute atomic E-state index is 13.5. The summed E-state index contributed by atoms with van der Waals surface area (Å²) < 4.78 is 18.6. The third-order valence-corrected chi connectivity index (χ3v) is 2.89. The summed E-state index contributed by atoms with van der Waals surface area (Å²) in [6, 6.07) is 5.35.